The van der Waals surface area contributed by atoms with Crippen LogP contribution in [0.1, 0.15) is 33.1 Å². The molecule has 0 saturated carbocycles. The first-order valence-electron chi connectivity index (χ1n) is 6.02. The number of hydrogen-bond acceptors (Lipinski definition) is 3. The number of carboxylic acids is 1. The fourth-order valence-electron chi connectivity index (χ4n) is 1.71. The summed E-state index contributed by atoms with van der Waals surface area (Å²) in [6.45, 7) is 3.80. The minimum Gasteiger partial charge on any atom is -0.481 e. The predicted octanol–water partition coefficient (Wildman–Crippen LogP) is 1.75. The molecule has 0 radical (unpaired) electrons. The molecule has 0 spiro atoms. The van der Waals surface area contributed by atoms with Gasteiger partial charge in [-0.3, -0.25) is 9.59 Å². The maximum Gasteiger partial charge on any atom is 0.309 e. The van der Waals surface area contributed by atoms with Gasteiger partial charge in [-0.05, 0) is 44.6 Å². The molecular formula is C12H21NO3S. The fourth-order valence-corrected chi connectivity index (χ4v) is 2.82. The Labute approximate surface area is 107 Å². The third kappa shape index (κ3) is 4.58. The molecule has 98 valence electrons. The van der Waals surface area contributed by atoms with Gasteiger partial charge in [0.1, 0.15) is 0 Å². The normalized spacial score (nSPS) is 17.8. The molecule has 5 heteroatoms. The van der Waals surface area contributed by atoms with E-state index in [1.807, 2.05) is 11.8 Å². The highest BCUT2D eigenvalue weighted by Gasteiger charge is 2.27. The Balaban J connectivity index is 2.26. The van der Waals surface area contributed by atoms with Crippen molar-refractivity contribution in [2.45, 2.75) is 33.1 Å². The highest BCUT2D eigenvalue weighted by molar-refractivity contribution is 7.99. The Morgan fingerprint density at radius 1 is 1.35 bits per heavy atom. The summed E-state index contributed by atoms with van der Waals surface area (Å²) in [6.07, 6.45) is 2.35. The Morgan fingerprint density at radius 3 is 2.47 bits per heavy atom. The lowest BCUT2D eigenvalue weighted by atomic mass is 9.89. The number of hydrogen-bond donors (Lipinski definition) is 2. The van der Waals surface area contributed by atoms with Crippen molar-refractivity contribution in [1.82, 2.24) is 5.32 Å². The van der Waals surface area contributed by atoms with Gasteiger partial charge in [-0.25, -0.2) is 0 Å². The van der Waals surface area contributed by atoms with Crippen molar-refractivity contribution < 1.29 is 14.7 Å². The molecule has 0 aromatic carbocycles. The average Bonchev–Trinajstić information content (AvgIpc) is 2.29. The molecule has 1 saturated heterocycles. The quantitative estimate of drug-likeness (QED) is 0.789. The molecule has 0 bridgehead atoms. The molecule has 1 heterocycles. The van der Waals surface area contributed by atoms with Gasteiger partial charge >= 0.3 is 5.97 Å². The van der Waals surface area contributed by atoms with Gasteiger partial charge in [0.2, 0.25) is 5.91 Å². The number of carbonyl (C=O) groups is 2. The molecule has 1 fully saturated rings. The van der Waals surface area contributed by atoms with Gasteiger partial charge in [0, 0.05) is 12.5 Å². The summed E-state index contributed by atoms with van der Waals surface area (Å²) in [5.41, 5.74) is -0.768. The Kier molecular flexibility index (Phi) is 5.31. The van der Waals surface area contributed by atoms with Crippen molar-refractivity contribution in [2.24, 2.45) is 11.3 Å². The number of thioether (sulfide) groups is 1. The predicted molar refractivity (Wildman–Crippen MR) is 69.1 cm³/mol. The van der Waals surface area contributed by atoms with Gasteiger partial charge in [-0.1, -0.05) is 0 Å². The molecule has 17 heavy (non-hydrogen) atoms. The van der Waals surface area contributed by atoms with Gasteiger partial charge < -0.3 is 10.4 Å². The summed E-state index contributed by atoms with van der Waals surface area (Å²) in [4.78, 5) is 22.7. The van der Waals surface area contributed by atoms with Crippen LogP contribution in [0, 0.1) is 11.3 Å². The second-order valence-corrected chi connectivity index (χ2v) is 6.34. The van der Waals surface area contributed by atoms with E-state index in [0.717, 1.165) is 24.3 Å². The van der Waals surface area contributed by atoms with E-state index in [9.17, 15) is 9.59 Å². The molecule has 0 aromatic heterocycles. The van der Waals surface area contributed by atoms with Crippen molar-refractivity contribution >= 4 is 23.6 Å². The van der Waals surface area contributed by atoms with Crippen LogP contribution in [0.2, 0.25) is 0 Å². The molecule has 0 aromatic rings. The number of rotatable bonds is 5. The van der Waals surface area contributed by atoms with Crippen molar-refractivity contribution in [3.8, 4) is 0 Å². The lowest BCUT2D eigenvalue weighted by Gasteiger charge is -2.22. The Morgan fingerprint density at radius 2 is 1.94 bits per heavy atom. The first-order valence-corrected chi connectivity index (χ1v) is 7.18. The summed E-state index contributed by atoms with van der Waals surface area (Å²) in [5.74, 6) is 1.51. The summed E-state index contributed by atoms with van der Waals surface area (Å²) >= 11 is 1.89. The maximum absolute atomic E-state index is 11.8. The van der Waals surface area contributed by atoms with Gasteiger partial charge in [-0.2, -0.15) is 11.8 Å². The van der Waals surface area contributed by atoms with Crippen LogP contribution < -0.4 is 5.32 Å². The molecule has 1 aliphatic heterocycles. The van der Waals surface area contributed by atoms with Crippen molar-refractivity contribution in [3.63, 3.8) is 0 Å². The van der Waals surface area contributed by atoms with E-state index >= 15 is 0 Å². The second kappa shape index (κ2) is 6.28. The minimum atomic E-state index is -0.819. The van der Waals surface area contributed by atoms with Crippen molar-refractivity contribution in [2.75, 3.05) is 18.1 Å². The maximum atomic E-state index is 11.8. The molecule has 0 unspecified atom stereocenters. The lowest BCUT2D eigenvalue weighted by Crippen LogP contribution is -2.36. The Bertz CT molecular complexity index is 285. The van der Waals surface area contributed by atoms with Gasteiger partial charge in [-0.15, -0.1) is 0 Å². The van der Waals surface area contributed by atoms with Crippen LogP contribution in [0.25, 0.3) is 0 Å². The molecule has 2 N–H and O–H groups in total. The van der Waals surface area contributed by atoms with E-state index in [0.29, 0.717) is 13.0 Å². The largest absolute Gasteiger partial charge is 0.481 e. The number of aliphatic carboxylic acids is 1. The SMILES string of the molecule is CC(C)(CCNC(=O)C1CCSCC1)C(=O)O. The van der Waals surface area contributed by atoms with Gasteiger partial charge in [0.15, 0.2) is 0 Å². The third-order valence-electron chi connectivity index (χ3n) is 3.22. The monoisotopic (exact) mass is 259 g/mol. The molecular weight excluding hydrogens is 238 g/mol. The second-order valence-electron chi connectivity index (χ2n) is 5.12. The van der Waals surface area contributed by atoms with Crippen LogP contribution in [0.5, 0.6) is 0 Å². The fraction of sp³-hybridized carbons (Fsp3) is 0.833. The molecule has 1 rings (SSSR count). The zero-order valence-electron chi connectivity index (χ0n) is 10.5. The number of carboxylic acid groups (broad SMARTS) is 1. The average molecular weight is 259 g/mol. The summed E-state index contributed by atoms with van der Waals surface area (Å²) in [6, 6.07) is 0. The standard InChI is InChI=1S/C12H21NO3S/c1-12(2,11(15)16)5-6-13-10(14)9-3-7-17-8-4-9/h9H,3-8H2,1-2H3,(H,13,14)(H,15,16). The van der Waals surface area contributed by atoms with Crippen LogP contribution in [-0.4, -0.2) is 35.0 Å². The first kappa shape index (κ1) is 14.4. The molecule has 0 atom stereocenters. The smallest absolute Gasteiger partial charge is 0.309 e. The van der Waals surface area contributed by atoms with Crippen LogP contribution in [0.4, 0.5) is 0 Å². The number of amides is 1. The van der Waals surface area contributed by atoms with E-state index in [4.69, 9.17) is 5.11 Å². The van der Waals surface area contributed by atoms with Crippen LogP contribution in [0.15, 0.2) is 0 Å². The highest BCUT2D eigenvalue weighted by Crippen LogP contribution is 2.23. The van der Waals surface area contributed by atoms with Crippen LogP contribution in [0.3, 0.4) is 0 Å². The minimum absolute atomic E-state index is 0.0893. The summed E-state index contributed by atoms with van der Waals surface area (Å²) < 4.78 is 0. The molecule has 1 amide bonds. The lowest BCUT2D eigenvalue weighted by molar-refractivity contribution is -0.147. The van der Waals surface area contributed by atoms with E-state index < -0.39 is 11.4 Å². The number of nitrogens with one attached hydrogen (secondary N) is 1. The van der Waals surface area contributed by atoms with E-state index in [2.05, 4.69) is 5.32 Å². The van der Waals surface area contributed by atoms with Crippen molar-refractivity contribution in [1.29, 1.82) is 0 Å². The summed E-state index contributed by atoms with van der Waals surface area (Å²) in [7, 11) is 0. The highest BCUT2D eigenvalue weighted by atomic mass is 32.2. The summed E-state index contributed by atoms with van der Waals surface area (Å²) in [5, 5.41) is 11.8. The topological polar surface area (TPSA) is 66.4 Å². The van der Waals surface area contributed by atoms with E-state index in [1.54, 1.807) is 13.8 Å². The molecule has 4 nitrogen and oxygen atoms in total. The molecule has 0 aliphatic carbocycles. The molecule has 1 aliphatic rings. The first-order chi connectivity index (χ1) is 7.93. The third-order valence-corrected chi connectivity index (χ3v) is 4.27. The van der Waals surface area contributed by atoms with Crippen LogP contribution in [-0.2, 0) is 9.59 Å². The zero-order valence-corrected chi connectivity index (χ0v) is 11.3. The Hall–Kier alpha value is -0.710. The number of carbonyl (C=O) groups excluding carboxylic acids is 1. The van der Waals surface area contributed by atoms with Gasteiger partial charge in [0.05, 0.1) is 5.41 Å². The van der Waals surface area contributed by atoms with Gasteiger partial charge in [0.25, 0.3) is 0 Å². The van der Waals surface area contributed by atoms with E-state index in [1.165, 1.54) is 0 Å². The van der Waals surface area contributed by atoms with Crippen LogP contribution >= 0.6 is 11.8 Å². The van der Waals surface area contributed by atoms with E-state index in [-0.39, 0.29) is 11.8 Å². The van der Waals surface area contributed by atoms with Crippen molar-refractivity contribution in [3.05, 3.63) is 0 Å². The zero-order chi connectivity index (χ0) is 12.9.